The molecule has 0 aromatic heterocycles. The van der Waals surface area contributed by atoms with Gasteiger partial charge in [0.25, 0.3) is 0 Å². The maximum absolute atomic E-state index is 12.5. The van der Waals surface area contributed by atoms with E-state index in [0.29, 0.717) is 6.42 Å². The van der Waals surface area contributed by atoms with Gasteiger partial charge in [0.2, 0.25) is 5.91 Å². The van der Waals surface area contributed by atoms with Crippen molar-refractivity contribution in [3.8, 4) is 0 Å². The molecule has 3 N–H and O–H groups in total. The van der Waals surface area contributed by atoms with Gasteiger partial charge in [-0.05, 0) is 70.6 Å². The Kier molecular flexibility index (Phi) is 53.3. The zero-order chi connectivity index (χ0) is 45.6. The Morgan fingerprint density at radius 1 is 0.365 bits per heavy atom. The summed E-state index contributed by atoms with van der Waals surface area (Å²) in [6.45, 7) is 4.32. The van der Waals surface area contributed by atoms with E-state index in [2.05, 4.69) is 55.6 Å². The number of carbonyl (C=O) groups excluding carboxylic acids is 1. The molecule has 370 valence electrons. The molecule has 0 aliphatic heterocycles. The Labute approximate surface area is 394 Å². The first kappa shape index (κ1) is 61.4. The van der Waals surface area contributed by atoms with Gasteiger partial charge in [-0.25, -0.2) is 0 Å². The van der Waals surface area contributed by atoms with Crippen LogP contribution in [0.15, 0.2) is 48.6 Å². The Morgan fingerprint density at radius 2 is 0.619 bits per heavy atom. The molecule has 0 aromatic carbocycles. The van der Waals surface area contributed by atoms with Crippen LogP contribution in [-0.2, 0) is 4.79 Å². The summed E-state index contributed by atoms with van der Waals surface area (Å²) < 4.78 is 0. The van der Waals surface area contributed by atoms with E-state index in [0.717, 1.165) is 38.5 Å². The highest BCUT2D eigenvalue weighted by molar-refractivity contribution is 5.76. The van der Waals surface area contributed by atoms with Crippen LogP contribution in [0.5, 0.6) is 0 Å². The zero-order valence-electron chi connectivity index (χ0n) is 42.6. The van der Waals surface area contributed by atoms with Gasteiger partial charge in [-0.2, -0.15) is 0 Å². The molecule has 0 bridgehead atoms. The second-order valence-electron chi connectivity index (χ2n) is 19.3. The molecule has 0 saturated carbocycles. The fourth-order valence-corrected chi connectivity index (χ4v) is 8.68. The van der Waals surface area contributed by atoms with Crippen LogP contribution in [0.1, 0.15) is 303 Å². The maximum Gasteiger partial charge on any atom is 0.220 e. The third-order valence-corrected chi connectivity index (χ3v) is 13.0. The van der Waals surface area contributed by atoms with E-state index >= 15 is 0 Å². The smallest absolute Gasteiger partial charge is 0.220 e. The number of amides is 1. The van der Waals surface area contributed by atoms with Crippen molar-refractivity contribution in [2.24, 2.45) is 0 Å². The topological polar surface area (TPSA) is 69.6 Å². The normalized spacial score (nSPS) is 13.1. The second kappa shape index (κ2) is 54.7. The summed E-state index contributed by atoms with van der Waals surface area (Å²) in [4.78, 5) is 12.5. The van der Waals surface area contributed by atoms with Gasteiger partial charge >= 0.3 is 0 Å². The van der Waals surface area contributed by atoms with Gasteiger partial charge in [-0.15, -0.1) is 0 Å². The third kappa shape index (κ3) is 51.2. The van der Waals surface area contributed by atoms with Crippen LogP contribution in [0.25, 0.3) is 0 Å². The van der Waals surface area contributed by atoms with Crippen molar-refractivity contribution in [1.29, 1.82) is 0 Å². The number of nitrogens with one attached hydrogen (secondary N) is 1. The zero-order valence-corrected chi connectivity index (χ0v) is 42.6. The van der Waals surface area contributed by atoms with Crippen molar-refractivity contribution in [2.45, 2.75) is 315 Å². The molecule has 4 heteroatoms. The van der Waals surface area contributed by atoms with Crippen molar-refractivity contribution in [1.82, 2.24) is 5.32 Å². The first-order chi connectivity index (χ1) is 31.2. The highest BCUT2D eigenvalue weighted by Crippen LogP contribution is 2.16. The molecule has 63 heavy (non-hydrogen) atoms. The highest BCUT2D eigenvalue weighted by Gasteiger charge is 2.18. The van der Waals surface area contributed by atoms with E-state index < -0.39 is 12.1 Å². The summed E-state index contributed by atoms with van der Waals surface area (Å²) in [6, 6.07) is -0.647. The summed E-state index contributed by atoms with van der Waals surface area (Å²) in [5.41, 5.74) is 0. The highest BCUT2D eigenvalue weighted by atomic mass is 16.3. The van der Waals surface area contributed by atoms with Crippen LogP contribution < -0.4 is 5.32 Å². The van der Waals surface area contributed by atoms with Crippen LogP contribution in [0.3, 0.4) is 0 Å². The predicted molar refractivity (Wildman–Crippen MR) is 281 cm³/mol. The molecule has 0 rings (SSSR count). The molecule has 0 spiro atoms. The first-order valence-electron chi connectivity index (χ1n) is 28.4. The van der Waals surface area contributed by atoms with Crippen molar-refractivity contribution < 1.29 is 15.0 Å². The Balaban J connectivity index is 3.55. The number of rotatable bonds is 52. The number of aliphatic hydroxyl groups excluding tert-OH is 2. The molecular weight excluding hydrogens is 771 g/mol. The number of hydrogen-bond acceptors (Lipinski definition) is 3. The van der Waals surface area contributed by atoms with Crippen LogP contribution in [0.4, 0.5) is 0 Å². The summed E-state index contributed by atoms with van der Waals surface area (Å²) in [5, 5.41) is 23.1. The maximum atomic E-state index is 12.5. The minimum atomic E-state index is -0.872. The summed E-state index contributed by atoms with van der Waals surface area (Å²) in [5.74, 6) is -0.0760. The monoisotopic (exact) mass is 882 g/mol. The van der Waals surface area contributed by atoms with Gasteiger partial charge in [0.1, 0.15) is 0 Å². The van der Waals surface area contributed by atoms with E-state index in [1.807, 2.05) is 6.08 Å². The Hall–Kier alpha value is -1.65. The molecular formula is C59H111NO3. The fraction of sp³-hybridized carbons (Fsp3) is 0.847. The molecule has 2 unspecified atom stereocenters. The molecule has 0 saturated heterocycles. The molecule has 2 atom stereocenters. The van der Waals surface area contributed by atoms with E-state index in [4.69, 9.17) is 0 Å². The van der Waals surface area contributed by atoms with Crippen molar-refractivity contribution in [2.75, 3.05) is 6.61 Å². The lowest BCUT2D eigenvalue weighted by Crippen LogP contribution is -2.45. The van der Waals surface area contributed by atoms with Crippen LogP contribution in [0, 0.1) is 0 Å². The number of hydrogen-bond donors (Lipinski definition) is 3. The van der Waals surface area contributed by atoms with E-state index in [1.165, 1.54) is 244 Å². The van der Waals surface area contributed by atoms with Crippen molar-refractivity contribution in [3.63, 3.8) is 0 Å². The largest absolute Gasteiger partial charge is 0.394 e. The van der Waals surface area contributed by atoms with Gasteiger partial charge in [0.05, 0.1) is 18.8 Å². The average Bonchev–Trinajstić information content (AvgIpc) is 3.29. The predicted octanol–water partition coefficient (Wildman–Crippen LogP) is 18.6. The lowest BCUT2D eigenvalue weighted by molar-refractivity contribution is -0.123. The lowest BCUT2D eigenvalue weighted by atomic mass is 10.0. The van der Waals surface area contributed by atoms with Gasteiger partial charge in [-0.1, -0.05) is 274 Å². The number of allylic oxidation sites excluding steroid dienone is 7. The van der Waals surface area contributed by atoms with E-state index in [-0.39, 0.29) is 12.5 Å². The SMILES string of the molecule is CCCCCCCCCC/C=C\CCCCCCCCCCCCCC(=O)NC(CO)C(O)/C=C/CC/C=C/CC/C=C/CCCCCCCCCCCCCCCCCCCC. The van der Waals surface area contributed by atoms with Gasteiger partial charge in [0.15, 0.2) is 0 Å². The molecule has 0 aliphatic carbocycles. The second-order valence-corrected chi connectivity index (χ2v) is 19.3. The fourth-order valence-electron chi connectivity index (χ4n) is 8.68. The molecule has 1 amide bonds. The minimum Gasteiger partial charge on any atom is -0.394 e. The van der Waals surface area contributed by atoms with Crippen molar-refractivity contribution >= 4 is 5.91 Å². The van der Waals surface area contributed by atoms with E-state index in [1.54, 1.807) is 6.08 Å². The van der Waals surface area contributed by atoms with Crippen LogP contribution >= 0.6 is 0 Å². The quantitative estimate of drug-likeness (QED) is 0.0421. The molecule has 0 aromatic rings. The molecule has 0 aliphatic rings. The lowest BCUT2D eigenvalue weighted by Gasteiger charge is -2.19. The van der Waals surface area contributed by atoms with Gasteiger partial charge in [-0.3, -0.25) is 4.79 Å². The van der Waals surface area contributed by atoms with E-state index in [9.17, 15) is 15.0 Å². The molecule has 4 nitrogen and oxygen atoms in total. The number of carbonyl (C=O) groups is 1. The third-order valence-electron chi connectivity index (χ3n) is 13.0. The van der Waals surface area contributed by atoms with Gasteiger partial charge < -0.3 is 15.5 Å². The molecule has 0 heterocycles. The Morgan fingerprint density at radius 3 is 0.921 bits per heavy atom. The van der Waals surface area contributed by atoms with Crippen LogP contribution in [0.2, 0.25) is 0 Å². The Bertz CT molecular complexity index is 1000. The minimum absolute atomic E-state index is 0.0760. The van der Waals surface area contributed by atoms with Crippen molar-refractivity contribution in [3.05, 3.63) is 48.6 Å². The standard InChI is InChI=1S/C59H111NO3/c1-3-5-7-9-11-13-15-17-19-21-23-25-27-28-29-30-31-33-34-36-38-40-42-44-46-48-50-52-54-58(62)57(56-61)60-59(63)55-53-51-49-47-45-43-41-39-37-35-32-26-24-22-20-18-16-14-12-10-8-6-4-2/h22,24,36,38,44,46,52,54,57-58,61-62H,3-21,23,25-35,37,39-43,45,47-51,53,55-56H2,1-2H3,(H,60,63)/b24-22-,38-36+,46-44+,54-52+. The number of unbranched alkanes of at least 4 members (excludes halogenated alkanes) is 39. The summed E-state index contributed by atoms with van der Waals surface area (Å²) >= 11 is 0. The van der Waals surface area contributed by atoms with Crippen LogP contribution in [-0.4, -0.2) is 34.9 Å². The number of aliphatic hydroxyl groups is 2. The average molecular weight is 883 g/mol. The summed E-state index contributed by atoms with van der Waals surface area (Å²) in [7, 11) is 0. The van der Waals surface area contributed by atoms with Gasteiger partial charge in [0, 0.05) is 6.42 Å². The molecule has 0 fully saturated rings. The summed E-state index contributed by atoms with van der Waals surface area (Å²) in [6.07, 6.45) is 75.6. The first-order valence-corrected chi connectivity index (χ1v) is 28.4. The molecule has 0 radical (unpaired) electrons.